The van der Waals surface area contributed by atoms with Crippen LogP contribution in [0.15, 0.2) is 0 Å². The maximum absolute atomic E-state index is 3.43. The van der Waals surface area contributed by atoms with E-state index in [-0.39, 0.29) is 0 Å². The average Bonchev–Trinajstić information content (AvgIpc) is 2.03. The first kappa shape index (κ1) is 10.9. The molecule has 0 aliphatic heterocycles. The number of nitrogens with one attached hydrogen (secondary N) is 2. The molecule has 0 aromatic rings. The van der Waals surface area contributed by atoms with Gasteiger partial charge in [-0.3, -0.25) is 0 Å². The van der Waals surface area contributed by atoms with Gasteiger partial charge >= 0.3 is 0 Å². The maximum Gasteiger partial charge on any atom is -0.000849 e. The SMILES string of the molecule is CCCNCC(CC)CNC. The smallest absolute Gasteiger partial charge is 0.000849 e. The van der Waals surface area contributed by atoms with Gasteiger partial charge in [0, 0.05) is 0 Å². The van der Waals surface area contributed by atoms with Crippen molar-refractivity contribution in [2.24, 2.45) is 5.92 Å². The molecule has 68 valence electrons. The van der Waals surface area contributed by atoms with Gasteiger partial charge in [0.2, 0.25) is 0 Å². The summed E-state index contributed by atoms with van der Waals surface area (Å²) in [6.07, 6.45) is 2.49. The van der Waals surface area contributed by atoms with Crippen LogP contribution in [0.4, 0.5) is 0 Å². The van der Waals surface area contributed by atoms with E-state index in [9.17, 15) is 0 Å². The van der Waals surface area contributed by atoms with Gasteiger partial charge in [-0.25, -0.2) is 0 Å². The summed E-state index contributed by atoms with van der Waals surface area (Å²) in [5, 5.41) is 6.64. The van der Waals surface area contributed by atoms with Gasteiger partial charge in [-0.15, -0.1) is 0 Å². The Hall–Kier alpha value is -0.0800. The van der Waals surface area contributed by atoms with Crippen LogP contribution in [0.25, 0.3) is 0 Å². The molecule has 2 N–H and O–H groups in total. The summed E-state index contributed by atoms with van der Waals surface area (Å²) >= 11 is 0. The zero-order valence-electron chi connectivity index (χ0n) is 8.11. The van der Waals surface area contributed by atoms with Crippen molar-refractivity contribution in [2.75, 3.05) is 26.7 Å². The fraction of sp³-hybridized carbons (Fsp3) is 1.00. The molecule has 1 unspecified atom stereocenters. The van der Waals surface area contributed by atoms with Gasteiger partial charge < -0.3 is 10.6 Å². The molecule has 2 nitrogen and oxygen atoms in total. The highest BCUT2D eigenvalue weighted by atomic mass is 14.9. The molecule has 0 saturated heterocycles. The Kier molecular flexibility index (Phi) is 7.96. The molecular weight excluding hydrogens is 136 g/mol. The highest BCUT2D eigenvalue weighted by molar-refractivity contribution is 4.61. The minimum absolute atomic E-state index is 0.798. The molecule has 0 aromatic carbocycles. The summed E-state index contributed by atoms with van der Waals surface area (Å²) in [5.74, 6) is 0.798. The molecule has 0 spiro atoms. The zero-order chi connectivity index (χ0) is 8.53. The standard InChI is InChI=1S/C9H22N2/c1-4-6-11-8-9(5-2)7-10-3/h9-11H,4-8H2,1-3H3. The monoisotopic (exact) mass is 158 g/mol. The molecule has 0 rings (SSSR count). The van der Waals surface area contributed by atoms with Gasteiger partial charge in [0.1, 0.15) is 0 Å². The third-order valence-corrected chi connectivity index (χ3v) is 1.93. The lowest BCUT2D eigenvalue weighted by Gasteiger charge is -2.14. The molecule has 0 amide bonds. The quantitative estimate of drug-likeness (QED) is 0.545. The third-order valence-electron chi connectivity index (χ3n) is 1.93. The van der Waals surface area contributed by atoms with Gasteiger partial charge in [0.05, 0.1) is 0 Å². The molecule has 0 heterocycles. The van der Waals surface area contributed by atoms with E-state index in [1.807, 2.05) is 7.05 Å². The molecule has 1 atom stereocenters. The van der Waals surface area contributed by atoms with Gasteiger partial charge in [0.25, 0.3) is 0 Å². The van der Waals surface area contributed by atoms with Crippen molar-refractivity contribution in [1.82, 2.24) is 10.6 Å². The average molecular weight is 158 g/mol. The fourth-order valence-corrected chi connectivity index (χ4v) is 1.13. The van der Waals surface area contributed by atoms with Crippen LogP contribution in [0.1, 0.15) is 26.7 Å². The van der Waals surface area contributed by atoms with Crippen molar-refractivity contribution < 1.29 is 0 Å². The molecule has 0 aromatic heterocycles. The van der Waals surface area contributed by atoms with Gasteiger partial charge in [-0.1, -0.05) is 20.3 Å². The van der Waals surface area contributed by atoms with E-state index in [4.69, 9.17) is 0 Å². The Morgan fingerprint density at radius 1 is 1.18 bits per heavy atom. The van der Waals surface area contributed by atoms with Gasteiger partial charge in [0.15, 0.2) is 0 Å². The third kappa shape index (κ3) is 6.32. The van der Waals surface area contributed by atoms with Crippen molar-refractivity contribution in [3.8, 4) is 0 Å². The van der Waals surface area contributed by atoms with Gasteiger partial charge in [-0.2, -0.15) is 0 Å². The topological polar surface area (TPSA) is 24.1 Å². The van der Waals surface area contributed by atoms with Crippen molar-refractivity contribution in [2.45, 2.75) is 26.7 Å². The second-order valence-electron chi connectivity index (χ2n) is 3.04. The summed E-state index contributed by atoms with van der Waals surface area (Å²) in [4.78, 5) is 0. The molecule has 0 radical (unpaired) electrons. The van der Waals surface area contributed by atoms with E-state index >= 15 is 0 Å². The highest BCUT2D eigenvalue weighted by Crippen LogP contribution is 1.97. The van der Waals surface area contributed by atoms with E-state index in [1.165, 1.54) is 12.8 Å². The molecule has 0 fully saturated rings. The van der Waals surface area contributed by atoms with E-state index < -0.39 is 0 Å². The molecule has 0 bridgehead atoms. The predicted octanol–water partition coefficient (Wildman–Crippen LogP) is 1.23. The Bertz CT molecular complexity index is 74.0. The van der Waals surface area contributed by atoms with E-state index in [0.717, 1.165) is 25.6 Å². The largest absolute Gasteiger partial charge is 0.319 e. The van der Waals surface area contributed by atoms with Crippen LogP contribution < -0.4 is 10.6 Å². The Morgan fingerprint density at radius 2 is 1.91 bits per heavy atom. The fourth-order valence-electron chi connectivity index (χ4n) is 1.13. The van der Waals surface area contributed by atoms with Gasteiger partial charge in [-0.05, 0) is 39.0 Å². The predicted molar refractivity (Wildman–Crippen MR) is 50.9 cm³/mol. The van der Waals surface area contributed by atoms with Crippen molar-refractivity contribution in [1.29, 1.82) is 0 Å². The van der Waals surface area contributed by atoms with Crippen LogP contribution in [-0.2, 0) is 0 Å². The lowest BCUT2D eigenvalue weighted by molar-refractivity contribution is 0.445. The first-order valence-corrected chi connectivity index (χ1v) is 4.70. The molecular formula is C9H22N2. The maximum atomic E-state index is 3.43. The molecule has 0 saturated carbocycles. The number of hydrogen-bond donors (Lipinski definition) is 2. The first-order chi connectivity index (χ1) is 5.35. The number of rotatable bonds is 7. The molecule has 2 heteroatoms. The van der Waals surface area contributed by atoms with E-state index in [0.29, 0.717) is 0 Å². The Morgan fingerprint density at radius 3 is 2.36 bits per heavy atom. The van der Waals surface area contributed by atoms with E-state index in [1.54, 1.807) is 0 Å². The second kappa shape index (κ2) is 8.02. The van der Waals surface area contributed by atoms with Crippen LogP contribution in [0.2, 0.25) is 0 Å². The highest BCUT2D eigenvalue weighted by Gasteiger charge is 2.02. The van der Waals surface area contributed by atoms with Crippen LogP contribution in [0, 0.1) is 5.92 Å². The Balaban J connectivity index is 3.20. The minimum atomic E-state index is 0.798. The first-order valence-electron chi connectivity index (χ1n) is 4.70. The summed E-state index contributed by atoms with van der Waals surface area (Å²) in [7, 11) is 2.02. The minimum Gasteiger partial charge on any atom is -0.319 e. The van der Waals surface area contributed by atoms with Crippen LogP contribution >= 0.6 is 0 Å². The van der Waals surface area contributed by atoms with Crippen LogP contribution in [0.5, 0.6) is 0 Å². The summed E-state index contributed by atoms with van der Waals surface area (Å²) < 4.78 is 0. The lowest BCUT2D eigenvalue weighted by atomic mass is 10.1. The summed E-state index contributed by atoms with van der Waals surface area (Å²) in [5.41, 5.74) is 0. The van der Waals surface area contributed by atoms with Crippen LogP contribution in [-0.4, -0.2) is 26.7 Å². The van der Waals surface area contributed by atoms with Crippen molar-refractivity contribution >= 4 is 0 Å². The number of hydrogen-bond acceptors (Lipinski definition) is 2. The molecule has 0 aliphatic carbocycles. The zero-order valence-corrected chi connectivity index (χ0v) is 8.11. The lowest BCUT2D eigenvalue weighted by Crippen LogP contribution is -2.29. The molecule has 11 heavy (non-hydrogen) atoms. The second-order valence-corrected chi connectivity index (χ2v) is 3.04. The summed E-state index contributed by atoms with van der Waals surface area (Å²) in [6.45, 7) is 7.89. The van der Waals surface area contributed by atoms with E-state index in [2.05, 4.69) is 24.5 Å². The normalized spacial score (nSPS) is 13.4. The summed E-state index contributed by atoms with van der Waals surface area (Å²) in [6, 6.07) is 0. The van der Waals surface area contributed by atoms with Crippen molar-refractivity contribution in [3.63, 3.8) is 0 Å². The molecule has 0 aliphatic rings. The van der Waals surface area contributed by atoms with Crippen LogP contribution in [0.3, 0.4) is 0 Å². The Labute approximate surface area is 70.8 Å². The van der Waals surface area contributed by atoms with Crippen molar-refractivity contribution in [3.05, 3.63) is 0 Å².